The molecule has 2 N–H and O–H groups in total. The minimum atomic E-state index is -1.23. The van der Waals surface area contributed by atoms with Crippen molar-refractivity contribution in [3.63, 3.8) is 0 Å². The van der Waals surface area contributed by atoms with Crippen molar-refractivity contribution in [1.29, 1.82) is 0 Å². The Morgan fingerprint density at radius 3 is 2.24 bits per heavy atom. The van der Waals surface area contributed by atoms with E-state index < -0.39 is 11.4 Å². The molecule has 130 valence electrons. The Morgan fingerprint density at radius 2 is 1.60 bits per heavy atom. The van der Waals surface area contributed by atoms with E-state index >= 15 is 0 Å². The van der Waals surface area contributed by atoms with Crippen molar-refractivity contribution in [2.24, 2.45) is 0 Å². The fourth-order valence-corrected chi connectivity index (χ4v) is 3.72. The van der Waals surface area contributed by atoms with Crippen LogP contribution >= 0.6 is 0 Å². The van der Waals surface area contributed by atoms with Crippen LogP contribution in [0.3, 0.4) is 0 Å². The minimum absolute atomic E-state index is 0.342. The van der Waals surface area contributed by atoms with Crippen molar-refractivity contribution >= 4 is 5.97 Å². The van der Waals surface area contributed by atoms with Gasteiger partial charge in [-0.15, -0.1) is 0 Å². The molecule has 2 aromatic carbocycles. The zero-order valence-corrected chi connectivity index (χ0v) is 14.2. The normalized spacial score (nSPS) is 24.9. The van der Waals surface area contributed by atoms with Gasteiger partial charge in [0.1, 0.15) is 5.75 Å². The fraction of sp³-hybridized carbons (Fsp3) is 0.350. The van der Waals surface area contributed by atoms with E-state index in [9.17, 15) is 4.79 Å². The third-order valence-corrected chi connectivity index (χ3v) is 5.04. The smallest absolute Gasteiger partial charge is 0.350 e. The Bertz CT molecular complexity index is 753. The molecule has 2 aliphatic heterocycles. The lowest BCUT2D eigenvalue weighted by molar-refractivity contribution is -0.672. The highest BCUT2D eigenvalue weighted by molar-refractivity contribution is 5.87. The Kier molecular flexibility index (Phi) is 3.98. The average Bonchev–Trinajstić information content (AvgIpc) is 2.95. The zero-order chi connectivity index (χ0) is 17.3. The fourth-order valence-electron chi connectivity index (χ4n) is 3.72. The van der Waals surface area contributed by atoms with E-state index in [4.69, 9.17) is 14.2 Å². The second kappa shape index (κ2) is 6.17. The number of ether oxygens (including phenoxy) is 3. The van der Waals surface area contributed by atoms with Crippen molar-refractivity contribution in [2.45, 2.75) is 24.2 Å². The molecule has 2 heterocycles. The van der Waals surface area contributed by atoms with Crippen LogP contribution in [0.25, 0.3) is 0 Å². The third-order valence-electron chi connectivity index (χ3n) is 5.04. The van der Waals surface area contributed by atoms with Crippen molar-refractivity contribution in [2.75, 3.05) is 20.2 Å². The molecule has 4 rings (SSSR count). The average molecular weight is 340 g/mol. The van der Waals surface area contributed by atoms with Crippen molar-refractivity contribution in [3.05, 3.63) is 65.7 Å². The van der Waals surface area contributed by atoms with Gasteiger partial charge >= 0.3 is 5.97 Å². The van der Waals surface area contributed by atoms with Crippen LogP contribution in [0.4, 0.5) is 0 Å². The molecule has 0 amide bonds. The van der Waals surface area contributed by atoms with E-state index in [1.54, 1.807) is 7.11 Å². The predicted molar refractivity (Wildman–Crippen MR) is 91.0 cm³/mol. The molecule has 0 aliphatic carbocycles. The summed E-state index contributed by atoms with van der Waals surface area (Å²) in [5, 5.41) is 2.22. The van der Waals surface area contributed by atoms with Crippen LogP contribution in [-0.4, -0.2) is 32.0 Å². The molecule has 1 unspecified atom stereocenters. The molecule has 1 atom stereocenters. The van der Waals surface area contributed by atoms with Gasteiger partial charge in [0.15, 0.2) is 0 Å². The third kappa shape index (κ3) is 2.60. The molecule has 2 fully saturated rings. The molecule has 0 bridgehead atoms. The Hall–Kier alpha value is -2.37. The van der Waals surface area contributed by atoms with Crippen LogP contribution in [0.1, 0.15) is 24.0 Å². The Labute approximate surface area is 146 Å². The maximum atomic E-state index is 13.1. The van der Waals surface area contributed by atoms with Crippen LogP contribution < -0.4 is 10.1 Å². The zero-order valence-electron chi connectivity index (χ0n) is 14.2. The maximum absolute atomic E-state index is 13.1. The molecule has 2 saturated heterocycles. The number of benzene rings is 2. The van der Waals surface area contributed by atoms with Crippen molar-refractivity contribution in [1.82, 2.24) is 0 Å². The second-order valence-corrected chi connectivity index (χ2v) is 6.54. The quantitative estimate of drug-likeness (QED) is 0.862. The SMILES string of the molecule is COc1ccc(C2(c3ccccc3)OC3(CC[NH2+]CC3)OC2=O)cc1. The van der Waals surface area contributed by atoms with E-state index in [-0.39, 0.29) is 5.97 Å². The Morgan fingerprint density at radius 1 is 0.960 bits per heavy atom. The number of carbonyl (C=O) groups is 1. The number of hydrogen-bond donors (Lipinski definition) is 1. The van der Waals surface area contributed by atoms with E-state index in [1.165, 1.54) is 0 Å². The number of esters is 1. The van der Waals surface area contributed by atoms with E-state index in [1.807, 2.05) is 54.6 Å². The minimum Gasteiger partial charge on any atom is -0.497 e. The first-order chi connectivity index (χ1) is 12.2. The van der Waals surface area contributed by atoms with Gasteiger partial charge in [-0.1, -0.05) is 42.5 Å². The number of carbonyl (C=O) groups excluding carboxylic acids is 1. The van der Waals surface area contributed by atoms with Gasteiger partial charge in [-0.25, -0.2) is 4.79 Å². The number of methoxy groups -OCH3 is 1. The monoisotopic (exact) mass is 340 g/mol. The lowest BCUT2D eigenvalue weighted by Crippen LogP contribution is -2.88. The highest BCUT2D eigenvalue weighted by atomic mass is 16.8. The van der Waals surface area contributed by atoms with Gasteiger partial charge in [0.25, 0.3) is 0 Å². The van der Waals surface area contributed by atoms with Crippen LogP contribution in [0.5, 0.6) is 5.75 Å². The molecule has 0 aromatic heterocycles. The first kappa shape index (κ1) is 16.1. The van der Waals surface area contributed by atoms with Gasteiger partial charge in [0.2, 0.25) is 11.4 Å². The van der Waals surface area contributed by atoms with Crippen LogP contribution in [-0.2, 0) is 19.9 Å². The van der Waals surface area contributed by atoms with Gasteiger partial charge in [-0.05, 0) is 17.7 Å². The highest BCUT2D eigenvalue weighted by Gasteiger charge is 2.60. The maximum Gasteiger partial charge on any atom is 0.350 e. The molecular formula is C20H22NO4+. The van der Waals surface area contributed by atoms with Gasteiger partial charge in [-0.3, -0.25) is 0 Å². The van der Waals surface area contributed by atoms with Crippen molar-refractivity contribution < 1.29 is 24.3 Å². The number of hydrogen-bond acceptors (Lipinski definition) is 4. The molecule has 25 heavy (non-hydrogen) atoms. The van der Waals surface area contributed by atoms with Crippen LogP contribution in [0, 0.1) is 0 Å². The molecular weight excluding hydrogens is 318 g/mol. The first-order valence-electron chi connectivity index (χ1n) is 8.64. The topological polar surface area (TPSA) is 61.4 Å². The van der Waals surface area contributed by atoms with Gasteiger partial charge in [0.05, 0.1) is 33.0 Å². The van der Waals surface area contributed by atoms with E-state index in [0.717, 1.165) is 30.0 Å². The highest BCUT2D eigenvalue weighted by Crippen LogP contribution is 2.47. The molecule has 1 spiro atoms. The summed E-state index contributed by atoms with van der Waals surface area (Å²) in [5.41, 5.74) is 0.317. The second-order valence-electron chi connectivity index (χ2n) is 6.54. The summed E-state index contributed by atoms with van der Waals surface area (Å²) < 4.78 is 17.6. The lowest BCUT2D eigenvalue weighted by atomic mass is 9.86. The van der Waals surface area contributed by atoms with Crippen molar-refractivity contribution in [3.8, 4) is 5.75 Å². The summed E-state index contributed by atoms with van der Waals surface area (Å²) in [6, 6.07) is 17.0. The number of nitrogens with two attached hydrogens (primary N) is 1. The summed E-state index contributed by atoms with van der Waals surface area (Å²) in [7, 11) is 1.62. The van der Waals surface area contributed by atoms with E-state index in [2.05, 4.69) is 5.32 Å². The lowest BCUT2D eigenvalue weighted by Gasteiger charge is -2.32. The molecule has 0 saturated carbocycles. The summed E-state index contributed by atoms with van der Waals surface area (Å²) >= 11 is 0. The van der Waals surface area contributed by atoms with Gasteiger partial charge in [0, 0.05) is 5.56 Å². The molecule has 5 heteroatoms. The van der Waals surface area contributed by atoms with Gasteiger partial charge in [-0.2, -0.15) is 0 Å². The number of quaternary nitrogens is 1. The molecule has 5 nitrogen and oxygen atoms in total. The molecule has 2 aliphatic rings. The van der Waals surface area contributed by atoms with Crippen LogP contribution in [0.2, 0.25) is 0 Å². The predicted octanol–water partition coefficient (Wildman–Crippen LogP) is 1.57. The largest absolute Gasteiger partial charge is 0.497 e. The molecule has 0 radical (unpaired) electrons. The van der Waals surface area contributed by atoms with E-state index in [0.29, 0.717) is 12.8 Å². The molecule has 2 aromatic rings. The summed E-state index contributed by atoms with van der Waals surface area (Å²) in [6.45, 7) is 1.78. The Balaban J connectivity index is 1.83. The summed E-state index contributed by atoms with van der Waals surface area (Å²) in [6.07, 6.45) is 1.40. The van der Waals surface area contributed by atoms with Crippen LogP contribution in [0.15, 0.2) is 54.6 Å². The number of piperidine rings is 1. The van der Waals surface area contributed by atoms with Gasteiger partial charge < -0.3 is 19.5 Å². The summed E-state index contributed by atoms with van der Waals surface area (Å²) in [4.78, 5) is 13.1. The summed E-state index contributed by atoms with van der Waals surface area (Å²) in [5.74, 6) is -0.437. The standard InChI is InChI=1S/C20H21NO4/c1-23-17-9-7-16(8-10-17)20(15-5-3-2-4-6-15)18(22)24-19(25-20)11-13-21-14-12-19/h2-10,21H,11-14H2,1H3/p+1. The first-order valence-corrected chi connectivity index (χ1v) is 8.64. The number of rotatable bonds is 3.